The molecule has 0 bridgehead atoms. The standard InChI is InChI=1S/C16H17N3O/c17-15-6-5-12(8-14(15)16(18)20)19-9-11-7-10-3-1-2-4-13(10)11/h1-6,8,11,19H,7,9,17H2,(H2,18,20). The minimum Gasteiger partial charge on any atom is -0.398 e. The molecule has 20 heavy (non-hydrogen) atoms. The lowest BCUT2D eigenvalue weighted by atomic mass is 9.77. The summed E-state index contributed by atoms with van der Waals surface area (Å²) in [6.07, 6.45) is 1.10. The molecule has 102 valence electrons. The summed E-state index contributed by atoms with van der Waals surface area (Å²) in [5.41, 5.74) is 15.5. The third-order valence-corrected chi connectivity index (χ3v) is 3.83. The minimum absolute atomic E-state index is 0.365. The molecule has 1 aliphatic rings. The van der Waals surface area contributed by atoms with Crippen LogP contribution in [0.4, 0.5) is 11.4 Å². The second-order valence-electron chi connectivity index (χ2n) is 5.15. The number of nitrogen functional groups attached to an aromatic ring is 1. The van der Waals surface area contributed by atoms with Crippen LogP contribution in [0.3, 0.4) is 0 Å². The number of fused-ring (bicyclic) bond motifs is 1. The molecule has 0 aromatic heterocycles. The first-order chi connectivity index (χ1) is 9.65. The van der Waals surface area contributed by atoms with Crippen molar-refractivity contribution < 1.29 is 4.79 Å². The molecule has 0 spiro atoms. The monoisotopic (exact) mass is 267 g/mol. The number of primary amides is 1. The van der Waals surface area contributed by atoms with Gasteiger partial charge in [0, 0.05) is 23.8 Å². The second kappa shape index (κ2) is 4.89. The zero-order chi connectivity index (χ0) is 14.1. The van der Waals surface area contributed by atoms with Crippen LogP contribution in [0.25, 0.3) is 0 Å². The Kier molecular flexibility index (Phi) is 3.06. The quantitative estimate of drug-likeness (QED) is 0.742. The van der Waals surface area contributed by atoms with Gasteiger partial charge in [0.15, 0.2) is 0 Å². The average molecular weight is 267 g/mol. The molecule has 0 fully saturated rings. The largest absolute Gasteiger partial charge is 0.398 e. The van der Waals surface area contributed by atoms with Crippen molar-refractivity contribution in [2.75, 3.05) is 17.6 Å². The summed E-state index contributed by atoms with van der Waals surface area (Å²) < 4.78 is 0. The number of amides is 1. The van der Waals surface area contributed by atoms with E-state index in [1.165, 1.54) is 11.1 Å². The van der Waals surface area contributed by atoms with E-state index < -0.39 is 5.91 Å². The molecular weight excluding hydrogens is 250 g/mol. The van der Waals surface area contributed by atoms with Crippen molar-refractivity contribution in [3.63, 3.8) is 0 Å². The fourth-order valence-corrected chi connectivity index (χ4v) is 2.67. The summed E-state index contributed by atoms with van der Waals surface area (Å²) in [6, 6.07) is 13.8. The molecule has 4 heteroatoms. The Morgan fingerprint density at radius 1 is 1.25 bits per heavy atom. The first-order valence-electron chi connectivity index (χ1n) is 6.66. The number of carbonyl (C=O) groups is 1. The van der Waals surface area contributed by atoms with Crippen LogP contribution < -0.4 is 16.8 Å². The van der Waals surface area contributed by atoms with Gasteiger partial charge in [0.1, 0.15) is 0 Å². The number of nitrogens with one attached hydrogen (secondary N) is 1. The highest BCUT2D eigenvalue weighted by Crippen LogP contribution is 2.34. The lowest BCUT2D eigenvalue weighted by Crippen LogP contribution is -2.24. The molecule has 1 amide bonds. The topological polar surface area (TPSA) is 81.1 Å². The van der Waals surface area contributed by atoms with Gasteiger partial charge in [0.25, 0.3) is 5.91 Å². The van der Waals surface area contributed by atoms with E-state index in [1.807, 2.05) is 6.07 Å². The smallest absolute Gasteiger partial charge is 0.250 e. The van der Waals surface area contributed by atoms with E-state index in [-0.39, 0.29) is 0 Å². The number of carbonyl (C=O) groups excluding carboxylic acids is 1. The van der Waals surface area contributed by atoms with Crippen molar-refractivity contribution in [1.29, 1.82) is 0 Å². The maximum Gasteiger partial charge on any atom is 0.250 e. The van der Waals surface area contributed by atoms with Gasteiger partial charge in [0.2, 0.25) is 0 Å². The first-order valence-corrected chi connectivity index (χ1v) is 6.66. The Labute approximate surface area is 117 Å². The number of rotatable bonds is 4. The normalized spacial score (nSPS) is 16.1. The van der Waals surface area contributed by atoms with Crippen LogP contribution in [0.1, 0.15) is 27.4 Å². The van der Waals surface area contributed by atoms with Gasteiger partial charge >= 0.3 is 0 Å². The van der Waals surface area contributed by atoms with E-state index in [2.05, 4.69) is 29.6 Å². The van der Waals surface area contributed by atoms with Crippen LogP contribution in [0, 0.1) is 0 Å². The SMILES string of the molecule is NC(=O)c1cc(NCC2Cc3ccccc32)ccc1N. The van der Waals surface area contributed by atoms with Crippen molar-refractivity contribution in [3.05, 3.63) is 59.2 Å². The number of anilines is 2. The Morgan fingerprint density at radius 3 is 2.80 bits per heavy atom. The van der Waals surface area contributed by atoms with Gasteiger partial charge in [-0.2, -0.15) is 0 Å². The molecular formula is C16H17N3O. The lowest BCUT2D eigenvalue weighted by molar-refractivity contribution is 0.100. The third kappa shape index (κ3) is 2.20. The van der Waals surface area contributed by atoms with Crippen LogP contribution in [0.15, 0.2) is 42.5 Å². The zero-order valence-electron chi connectivity index (χ0n) is 11.1. The van der Waals surface area contributed by atoms with E-state index >= 15 is 0 Å². The molecule has 0 saturated carbocycles. The molecule has 3 rings (SSSR count). The summed E-state index contributed by atoms with van der Waals surface area (Å²) in [5, 5.41) is 3.35. The highest BCUT2D eigenvalue weighted by molar-refractivity contribution is 5.98. The number of hydrogen-bond donors (Lipinski definition) is 3. The molecule has 0 radical (unpaired) electrons. The molecule has 4 nitrogen and oxygen atoms in total. The van der Waals surface area contributed by atoms with E-state index in [1.54, 1.807) is 12.1 Å². The van der Waals surface area contributed by atoms with Crippen molar-refractivity contribution in [1.82, 2.24) is 0 Å². The lowest BCUT2D eigenvalue weighted by Gasteiger charge is -2.30. The van der Waals surface area contributed by atoms with Gasteiger partial charge in [-0.3, -0.25) is 4.79 Å². The van der Waals surface area contributed by atoms with Crippen LogP contribution in [-0.2, 0) is 6.42 Å². The molecule has 1 atom stereocenters. The van der Waals surface area contributed by atoms with E-state index in [9.17, 15) is 4.79 Å². The van der Waals surface area contributed by atoms with Gasteiger partial charge in [0.05, 0.1) is 5.56 Å². The van der Waals surface area contributed by atoms with Crippen molar-refractivity contribution >= 4 is 17.3 Å². The Balaban J connectivity index is 1.68. The van der Waals surface area contributed by atoms with Crippen LogP contribution in [-0.4, -0.2) is 12.5 Å². The fourth-order valence-electron chi connectivity index (χ4n) is 2.67. The van der Waals surface area contributed by atoms with E-state index in [0.717, 1.165) is 18.7 Å². The Bertz CT molecular complexity index is 667. The molecule has 2 aromatic carbocycles. The molecule has 0 aliphatic heterocycles. The molecule has 5 N–H and O–H groups in total. The highest BCUT2D eigenvalue weighted by atomic mass is 16.1. The van der Waals surface area contributed by atoms with E-state index in [0.29, 0.717) is 17.2 Å². The summed E-state index contributed by atoms with van der Waals surface area (Å²) >= 11 is 0. The van der Waals surface area contributed by atoms with Crippen LogP contribution in [0.2, 0.25) is 0 Å². The summed E-state index contributed by atoms with van der Waals surface area (Å²) in [7, 11) is 0. The number of benzene rings is 2. The first kappa shape index (κ1) is 12.5. The summed E-state index contributed by atoms with van der Waals surface area (Å²) in [4.78, 5) is 11.3. The predicted octanol–water partition coefficient (Wildman–Crippen LogP) is 2.12. The van der Waals surface area contributed by atoms with Crippen molar-refractivity contribution in [2.45, 2.75) is 12.3 Å². The fraction of sp³-hybridized carbons (Fsp3) is 0.188. The minimum atomic E-state index is -0.500. The molecule has 1 aliphatic carbocycles. The maximum atomic E-state index is 11.3. The predicted molar refractivity (Wildman–Crippen MR) is 80.7 cm³/mol. The van der Waals surface area contributed by atoms with Crippen LogP contribution in [0.5, 0.6) is 0 Å². The average Bonchev–Trinajstić information content (AvgIpc) is 2.41. The number of hydrogen-bond acceptors (Lipinski definition) is 3. The van der Waals surface area contributed by atoms with Crippen molar-refractivity contribution in [3.8, 4) is 0 Å². The second-order valence-corrected chi connectivity index (χ2v) is 5.15. The third-order valence-electron chi connectivity index (χ3n) is 3.83. The summed E-state index contributed by atoms with van der Waals surface area (Å²) in [6.45, 7) is 0.846. The van der Waals surface area contributed by atoms with Gasteiger partial charge in [-0.1, -0.05) is 24.3 Å². The Hall–Kier alpha value is -2.49. The molecule has 0 heterocycles. The van der Waals surface area contributed by atoms with Crippen LogP contribution >= 0.6 is 0 Å². The van der Waals surface area contributed by atoms with E-state index in [4.69, 9.17) is 11.5 Å². The Morgan fingerprint density at radius 2 is 2.05 bits per heavy atom. The molecule has 1 unspecified atom stereocenters. The van der Waals surface area contributed by atoms with Gasteiger partial charge in [-0.25, -0.2) is 0 Å². The van der Waals surface area contributed by atoms with Gasteiger partial charge in [-0.15, -0.1) is 0 Å². The summed E-state index contributed by atoms with van der Waals surface area (Å²) in [5.74, 6) is 0.0286. The molecule has 0 saturated heterocycles. The van der Waals surface area contributed by atoms with Crippen molar-refractivity contribution in [2.24, 2.45) is 5.73 Å². The zero-order valence-corrected chi connectivity index (χ0v) is 11.1. The van der Waals surface area contributed by atoms with Gasteiger partial charge < -0.3 is 16.8 Å². The highest BCUT2D eigenvalue weighted by Gasteiger charge is 2.24. The van der Waals surface area contributed by atoms with Gasteiger partial charge in [-0.05, 0) is 35.7 Å². The molecule has 2 aromatic rings. The number of nitrogens with two attached hydrogens (primary N) is 2. The maximum absolute atomic E-state index is 11.3.